The Bertz CT molecular complexity index is 2110. The number of benzene rings is 2. The Kier molecular flexibility index (Phi) is 10.8. The van der Waals surface area contributed by atoms with E-state index in [2.05, 4.69) is 74.1 Å². The third-order valence-corrected chi connectivity index (χ3v) is 12.3. The summed E-state index contributed by atoms with van der Waals surface area (Å²) in [6.45, 7) is 2.80. The molecule has 8 rings (SSSR count). The van der Waals surface area contributed by atoms with Gasteiger partial charge in [-0.1, -0.05) is 54.6 Å². The number of methoxy groups -OCH3 is 2. The summed E-state index contributed by atoms with van der Waals surface area (Å²) in [6.07, 6.45) is 11.9. The monoisotopic (exact) mass is 755 g/mol. The fourth-order valence-corrected chi connectivity index (χ4v) is 9.35. The summed E-state index contributed by atoms with van der Waals surface area (Å²) in [5, 5.41) is 5.84. The second-order valence-electron chi connectivity index (χ2n) is 15.5. The Labute approximate surface area is 327 Å². The number of aromatic nitrogens is 3. The summed E-state index contributed by atoms with van der Waals surface area (Å²) in [6, 6.07) is 19.8. The fourth-order valence-electron chi connectivity index (χ4n) is 9.35. The van der Waals surface area contributed by atoms with E-state index in [1.807, 2.05) is 24.5 Å². The topological polar surface area (TPSA) is 151 Å². The number of carbonyl (C=O) groups is 3. The van der Waals surface area contributed by atoms with E-state index in [0.717, 1.165) is 71.3 Å². The van der Waals surface area contributed by atoms with Crippen molar-refractivity contribution in [1.82, 2.24) is 30.5 Å². The van der Waals surface area contributed by atoms with Crippen LogP contribution in [0.1, 0.15) is 68.4 Å². The molecule has 2 aromatic heterocycles. The second-order valence-corrected chi connectivity index (χ2v) is 15.5. The van der Waals surface area contributed by atoms with Gasteiger partial charge in [0.2, 0.25) is 11.8 Å². The number of allylic oxidation sites excluding steroid dienone is 1. The van der Waals surface area contributed by atoms with E-state index >= 15 is 0 Å². The molecule has 1 saturated heterocycles. The maximum Gasteiger partial charge on any atom is 0.407 e. The highest BCUT2D eigenvalue weighted by molar-refractivity contribution is 6.02. The van der Waals surface area contributed by atoms with Gasteiger partial charge in [-0.3, -0.25) is 19.6 Å². The summed E-state index contributed by atoms with van der Waals surface area (Å²) in [5.74, 6) is 1.77. The van der Waals surface area contributed by atoms with Crippen molar-refractivity contribution in [3.8, 4) is 22.4 Å². The van der Waals surface area contributed by atoms with Crippen molar-refractivity contribution in [2.45, 2.75) is 70.2 Å². The van der Waals surface area contributed by atoms with Crippen LogP contribution >= 0.6 is 0 Å². The normalized spacial score (nSPS) is 23.7. The molecule has 2 saturated carbocycles. The molecule has 7 atom stereocenters. The van der Waals surface area contributed by atoms with Gasteiger partial charge >= 0.3 is 6.09 Å². The van der Waals surface area contributed by atoms with Gasteiger partial charge < -0.3 is 30.0 Å². The van der Waals surface area contributed by atoms with Crippen LogP contribution in [0.2, 0.25) is 0 Å². The summed E-state index contributed by atoms with van der Waals surface area (Å²) in [7, 11) is 2.78. The first-order valence-electron chi connectivity index (χ1n) is 19.7. The van der Waals surface area contributed by atoms with Crippen LogP contribution in [-0.2, 0) is 25.6 Å². The number of nitrogens with zero attached hydrogens (tertiary/aromatic N) is 4. The van der Waals surface area contributed by atoms with E-state index in [1.54, 1.807) is 24.2 Å². The standard InChI is InChI=1S/C44H49N7O5/c1-26(55-2)40(50-44(54)56-3)43(53)51-19-5-7-37(51)41-47-25-36(49-41)31-14-12-29(13-15-31)28-8-10-30(11-9-28)34-21-35(46-24-34)38-32-16-17-33(20-32)39(38)42(52)48-23-27-6-4-18-45-22-27/h4,6,8-15,18,22,24-26,32-33,37-40H,5,7,16-17,19-21,23H2,1-3H3,(H,47,49)(H,48,52)(H,50,54)/t26-,32?,33?,37+,38?,39-,40+/m1/s1. The molecule has 3 amide bonds. The van der Waals surface area contributed by atoms with Crippen molar-refractivity contribution in [1.29, 1.82) is 0 Å². The number of aromatic amines is 1. The zero-order valence-corrected chi connectivity index (χ0v) is 32.1. The molecule has 12 nitrogen and oxygen atoms in total. The summed E-state index contributed by atoms with van der Waals surface area (Å²) in [5.41, 5.74) is 8.58. The number of carbonyl (C=O) groups excluding carboxylic acids is 3. The van der Waals surface area contributed by atoms with E-state index in [0.29, 0.717) is 30.7 Å². The second kappa shape index (κ2) is 16.2. The minimum atomic E-state index is -0.881. The number of aliphatic imine (C=N–C) groups is 1. The molecule has 4 heterocycles. The number of fused-ring (bicyclic) bond motifs is 2. The molecule has 2 aromatic carbocycles. The first kappa shape index (κ1) is 37.3. The highest BCUT2D eigenvalue weighted by atomic mass is 16.5. The Balaban J connectivity index is 0.889. The minimum Gasteiger partial charge on any atom is -0.453 e. The average molecular weight is 756 g/mol. The molecule has 4 aliphatic rings. The van der Waals surface area contributed by atoms with Gasteiger partial charge in [-0.2, -0.15) is 0 Å². The van der Waals surface area contributed by atoms with Crippen molar-refractivity contribution in [2.24, 2.45) is 28.7 Å². The number of nitrogens with one attached hydrogen (secondary N) is 3. The van der Waals surface area contributed by atoms with Crippen LogP contribution in [0.15, 0.2) is 90.4 Å². The predicted octanol–water partition coefficient (Wildman–Crippen LogP) is 6.73. The average Bonchev–Trinajstić information content (AvgIpc) is 4.10. The number of H-pyrrole nitrogens is 1. The van der Waals surface area contributed by atoms with E-state index in [4.69, 9.17) is 14.5 Å². The highest BCUT2D eigenvalue weighted by Crippen LogP contribution is 2.54. The molecule has 56 heavy (non-hydrogen) atoms. The van der Waals surface area contributed by atoms with Crippen molar-refractivity contribution < 1.29 is 23.9 Å². The maximum absolute atomic E-state index is 13.6. The van der Waals surface area contributed by atoms with Crippen LogP contribution in [0.4, 0.5) is 4.79 Å². The third kappa shape index (κ3) is 7.49. The molecule has 0 radical (unpaired) electrons. The van der Waals surface area contributed by atoms with Gasteiger partial charge in [0.1, 0.15) is 11.9 Å². The smallest absolute Gasteiger partial charge is 0.407 e. The number of alkyl carbamates (subject to hydrolysis) is 1. The van der Waals surface area contributed by atoms with Gasteiger partial charge in [-0.15, -0.1) is 0 Å². The lowest BCUT2D eigenvalue weighted by atomic mass is 9.75. The number of rotatable bonds is 12. The molecule has 2 aliphatic carbocycles. The first-order valence-corrected chi connectivity index (χ1v) is 19.7. The van der Waals surface area contributed by atoms with Crippen LogP contribution in [0, 0.1) is 23.7 Å². The minimum absolute atomic E-state index is 0.0168. The molecule has 12 heteroatoms. The zero-order valence-electron chi connectivity index (χ0n) is 32.1. The van der Waals surface area contributed by atoms with E-state index in [-0.39, 0.29) is 29.7 Å². The predicted molar refractivity (Wildman–Crippen MR) is 213 cm³/mol. The van der Waals surface area contributed by atoms with Crippen LogP contribution in [0.25, 0.3) is 28.0 Å². The van der Waals surface area contributed by atoms with Crippen molar-refractivity contribution >= 4 is 29.2 Å². The number of hydrogen-bond acceptors (Lipinski definition) is 8. The zero-order chi connectivity index (χ0) is 38.8. The third-order valence-electron chi connectivity index (χ3n) is 12.3. The largest absolute Gasteiger partial charge is 0.453 e. The van der Waals surface area contributed by atoms with Crippen molar-refractivity contribution in [2.75, 3.05) is 20.8 Å². The van der Waals surface area contributed by atoms with Gasteiger partial charge in [-0.05, 0) is 90.3 Å². The Morgan fingerprint density at radius 2 is 1.66 bits per heavy atom. The molecule has 3 unspecified atom stereocenters. The highest BCUT2D eigenvalue weighted by Gasteiger charge is 2.52. The van der Waals surface area contributed by atoms with E-state index in [1.165, 1.54) is 26.2 Å². The summed E-state index contributed by atoms with van der Waals surface area (Å²) >= 11 is 0. The van der Waals surface area contributed by atoms with Gasteiger partial charge in [0.05, 0.1) is 31.1 Å². The molecule has 4 aromatic rings. The van der Waals surface area contributed by atoms with Gasteiger partial charge in [0.15, 0.2) is 0 Å². The van der Waals surface area contributed by atoms with Gasteiger partial charge in [-0.25, -0.2) is 9.78 Å². The molecule has 2 aliphatic heterocycles. The molecular weight excluding hydrogens is 707 g/mol. The number of likely N-dealkylation sites (tertiary alicyclic amines) is 1. The Morgan fingerprint density at radius 3 is 2.38 bits per heavy atom. The molecule has 3 N–H and O–H groups in total. The van der Waals surface area contributed by atoms with Crippen LogP contribution in [0.3, 0.4) is 0 Å². The van der Waals surface area contributed by atoms with Gasteiger partial charge in [0, 0.05) is 62.8 Å². The summed E-state index contributed by atoms with van der Waals surface area (Å²) in [4.78, 5) is 58.2. The molecule has 3 fully saturated rings. The molecule has 0 spiro atoms. The number of imidazole rings is 1. The van der Waals surface area contributed by atoms with E-state index in [9.17, 15) is 14.4 Å². The Hall–Kier alpha value is -5.62. The molecule has 290 valence electrons. The number of ether oxygens (including phenoxy) is 2. The summed E-state index contributed by atoms with van der Waals surface area (Å²) < 4.78 is 10.2. The van der Waals surface area contributed by atoms with Gasteiger partial charge in [0.25, 0.3) is 0 Å². The lowest BCUT2D eigenvalue weighted by molar-refractivity contribution is -0.137. The molecule has 2 bridgehead atoms. The van der Waals surface area contributed by atoms with Crippen molar-refractivity contribution in [3.05, 3.63) is 102 Å². The molecular formula is C44H49N7O5. The lowest BCUT2D eigenvalue weighted by Gasteiger charge is -2.30. The lowest BCUT2D eigenvalue weighted by Crippen LogP contribution is -2.54. The van der Waals surface area contributed by atoms with E-state index < -0.39 is 18.2 Å². The Morgan fingerprint density at radius 1 is 0.929 bits per heavy atom. The number of hydrogen-bond donors (Lipinski definition) is 3. The first-order chi connectivity index (χ1) is 27.3. The fraction of sp³-hybridized carbons (Fsp3) is 0.409. The quantitative estimate of drug-likeness (QED) is 0.145. The maximum atomic E-state index is 13.6. The number of pyridine rings is 1. The number of amides is 3. The SMILES string of the molecule is COC(=O)N[C@H](C(=O)N1CCC[C@H]1c1ncc(-c2ccc(-c3ccc(C4=CN=C(C5C6CCC(C6)[C@H]5C(=O)NCc5cccnc5)C4)cc3)cc2)[nH]1)[C@@H](C)OC. The van der Waals surface area contributed by atoms with Crippen LogP contribution in [0.5, 0.6) is 0 Å². The van der Waals surface area contributed by atoms with Crippen LogP contribution in [-0.4, -0.2) is 76.4 Å². The van der Waals surface area contributed by atoms with Crippen LogP contribution < -0.4 is 10.6 Å². The van der Waals surface area contributed by atoms with Crippen molar-refractivity contribution in [3.63, 3.8) is 0 Å².